The van der Waals surface area contributed by atoms with Gasteiger partial charge in [-0.2, -0.15) is 10.1 Å². The Morgan fingerprint density at radius 3 is 2.23 bits per heavy atom. The van der Waals surface area contributed by atoms with Crippen LogP contribution in [-0.4, -0.2) is 23.7 Å². The van der Waals surface area contributed by atoms with Crippen LogP contribution in [0, 0.1) is 10.1 Å². The summed E-state index contributed by atoms with van der Waals surface area (Å²) >= 11 is 0. The molecule has 3 aromatic rings. The first-order valence-electron chi connectivity index (χ1n) is 9.16. The second kappa shape index (κ2) is 8.00. The van der Waals surface area contributed by atoms with E-state index in [0.717, 1.165) is 11.1 Å². The molecule has 1 aliphatic heterocycles. The molecular weight excluding hydrogens is 382 g/mol. The summed E-state index contributed by atoms with van der Waals surface area (Å²) in [7, 11) is 1.59. The highest BCUT2D eigenvalue weighted by molar-refractivity contribution is 6.37. The second-order valence-electron chi connectivity index (χ2n) is 6.54. The summed E-state index contributed by atoms with van der Waals surface area (Å²) in [5, 5.41) is 16.7. The molecule has 0 saturated heterocycles. The van der Waals surface area contributed by atoms with Crippen LogP contribution in [-0.2, 0) is 4.79 Å². The molecule has 7 heteroatoms. The first-order valence-corrected chi connectivity index (χ1v) is 9.16. The van der Waals surface area contributed by atoms with Gasteiger partial charge in [0.05, 0.1) is 23.3 Å². The Hall–Kier alpha value is -4.26. The van der Waals surface area contributed by atoms with Gasteiger partial charge >= 0.3 is 0 Å². The standard InChI is InChI=1S/C23H17N3O4/c1-30-20-13-7-17(8-14-20)22-21(15-16-5-3-2-4-6-16)23(27)25(24-22)18-9-11-19(12-10-18)26(28)29/h2-15H,1H3/b21-15-. The molecule has 7 nitrogen and oxygen atoms in total. The predicted octanol–water partition coefficient (Wildman–Crippen LogP) is 4.44. The van der Waals surface area contributed by atoms with Gasteiger partial charge in [-0.3, -0.25) is 14.9 Å². The number of nitrogens with zero attached hydrogens (tertiary/aromatic N) is 3. The first-order chi connectivity index (χ1) is 14.6. The van der Waals surface area contributed by atoms with E-state index in [-0.39, 0.29) is 11.6 Å². The van der Waals surface area contributed by atoms with Gasteiger partial charge in [0.25, 0.3) is 11.6 Å². The Morgan fingerprint density at radius 2 is 1.63 bits per heavy atom. The van der Waals surface area contributed by atoms with Crippen LogP contribution in [0.1, 0.15) is 11.1 Å². The Labute approximate surface area is 172 Å². The number of methoxy groups -OCH3 is 1. The molecule has 4 rings (SSSR count). The number of carbonyl (C=O) groups is 1. The molecule has 1 heterocycles. The molecule has 0 saturated carbocycles. The van der Waals surface area contributed by atoms with E-state index in [9.17, 15) is 14.9 Å². The number of benzene rings is 3. The summed E-state index contributed by atoms with van der Waals surface area (Å²) in [6, 6.07) is 22.5. The Kier molecular flexibility index (Phi) is 5.09. The summed E-state index contributed by atoms with van der Waals surface area (Å²) in [5.41, 5.74) is 2.98. The van der Waals surface area contributed by atoms with Crippen LogP contribution >= 0.6 is 0 Å². The second-order valence-corrected chi connectivity index (χ2v) is 6.54. The Morgan fingerprint density at radius 1 is 0.967 bits per heavy atom. The fourth-order valence-corrected chi connectivity index (χ4v) is 3.11. The number of hydrogen-bond donors (Lipinski definition) is 0. The maximum absolute atomic E-state index is 13.2. The topological polar surface area (TPSA) is 85.0 Å². The minimum atomic E-state index is -0.484. The van der Waals surface area contributed by atoms with Gasteiger partial charge in [-0.15, -0.1) is 0 Å². The van der Waals surface area contributed by atoms with Crippen LogP contribution in [0.2, 0.25) is 0 Å². The lowest BCUT2D eigenvalue weighted by Crippen LogP contribution is -2.21. The van der Waals surface area contributed by atoms with E-state index in [1.54, 1.807) is 25.3 Å². The molecule has 0 atom stereocenters. The fourth-order valence-electron chi connectivity index (χ4n) is 3.11. The Bertz CT molecular complexity index is 1150. The van der Waals surface area contributed by atoms with Gasteiger partial charge in [0.2, 0.25) is 0 Å². The molecule has 0 aromatic heterocycles. The van der Waals surface area contributed by atoms with E-state index in [0.29, 0.717) is 22.7 Å². The van der Waals surface area contributed by atoms with Crippen molar-refractivity contribution in [1.82, 2.24) is 0 Å². The minimum absolute atomic E-state index is 0.0511. The smallest absolute Gasteiger partial charge is 0.281 e. The zero-order chi connectivity index (χ0) is 21.1. The van der Waals surface area contributed by atoms with Crippen molar-refractivity contribution < 1.29 is 14.5 Å². The molecule has 148 valence electrons. The third kappa shape index (κ3) is 3.68. The monoisotopic (exact) mass is 399 g/mol. The number of hydrogen-bond acceptors (Lipinski definition) is 5. The van der Waals surface area contributed by atoms with Gasteiger partial charge in [0.15, 0.2) is 0 Å². The van der Waals surface area contributed by atoms with E-state index in [1.165, 1.54) is 29.3 Å². The summed E-state index contributed by atoms with van der Waals surface area (Å²) in [6.07, 6.45) is 1.79. The number of carbonyl (C=O) groups excluding carboxylic acids is 1. The van der Waals surface area contributed by atoms with Crippen molar-refractivity contribution in [2.75, 3.05) is 12.1 Å². The molecule has 1 aliphatic rings. The molecular formula is C23H17N3O4. The van der Waals surface area contributed by atoms with Gasteiger partial charge in [0.1, 0.15) is 11.5 Å². The molecule has 0 unspecified atom stereocenters. The SMILES string of the molecule is COc1ccc(C2=NN(c3ccc([N+](=O)[O-])cc3)C(=O)/C2=C\c2ccccc2)cc1. The highest BCUT2D eigenvalue weighted by atomic mass is 16.6. The highest BCUT2D eigenvalue weighted by Crippen LogP contribution is 2.29. The number of nitro groups is 1. The third-order valence-corrected chi connectivity index (χ3v) is 4.66. The van der Waals surface area contributed by atoms with Crippen molar-refractivity contribution in [3.8, 4) is 5.75 Å². The van der Waals surface area contributed by atoms with Gasteiger partial charge in [-0.05, 0) is 48.0 Å². The van der Waals surface area contributed by atoms with Crippen molar-refractivity contribution in [2.45, 2.75) is 0 Å². The molecule has 0 fully saturated rings. The number of amides is 1. The zero-order valence-corrected chi connectivity index (χ0v) is 16.1. The minimum Gasteiger partial charge on any atom is -0.497 e. The van der Waals surface area contributed by atoms with Crippen molar-refractivity contribution in [1.29, 1.82) is 0 Å². The molecule has 0 bridgehead atoms. The largest absolute Gasteiger partial charge is 0.497 e. The average molecular weight is 399 g/mol. The van der Waals surface area contributed by atoms with E-state index < -0.39 is 4.92 Å². The number of nitro benzene ring substituents is 1. The van der Waals surface area contributed by atoms with Crippen molar-refractivity contribution in [3.05, 3.63) is 106 Å². The van der Waals surface area contributed by atoms with E-state index in [2.05, 4.69) is 5.10 Å². The van der Waals surface area contributed by atoms with E-state index in [4.69, 9.17) is 4.74 Å². The molecule has 0 radical (unpaired) electrons. The van der Waals surface area contributed by atoms with E-state index in [1.807, 2.05) is 42.5 Å². The molecule has 30 heavy (non-hydrogen) atoms. The maximum Gasteiger partial charge on any atom is 0.281 e. The summed E-state index contributed by atoms with van der Waals surface area (Å²) in [6.45, 7) is 0. The summed E-state index contributed by atoms with van der Waals surface area (Å²) < 4.78 is 5.21. The molecule has 0 spiro atoms. The Balaban J connectivity index is 1.78. The van der Waals surface area contributed by atoms with Crippen molar-refractivity contribution in [2.24, 2.45) is 5.10 Å². The van der Waals surface area contributed by atoms with Gasteiger partial charge in [-0.25, -0.2) is 0 Å². The lowest BCUT2D eigenvalue weighted by atomic mass is 10.00. The molecule has 0 aliphatic carbocycles. The number of ether oxygens (including phenoxy) is 1. The van der Waals surface area contributed by atoms with Gasteiger partial charge in [-0.1, -0.05) is 30.3 Å². The van der Waals surface area contributed by atoms with Crippen molar-refractivity contribution in [3.63, 3.8) is 0 Å². The average Bonchev–Trinajstić information content (AvgIpc) is 3.10. The van der Waals surface area contributed by atoms with E-state index >= 15 is 0 Å². The first kappa shape index (κ1) is 19.1. The lowest BCUT2D eigenvalue weighted by Gasteiger charge is -2.11. The van der Waals surface area contributed by atoms with Crippen LogP contribution < -0.4 is 9.75 Å². The lowest BCUT2D eigenvalue weighted by molar-refractivity contribution is -0.384. The predicted molar refractivity (Wildman–Crippen MR) is 115 cm³/mol. The maximum atomic E-state index is 13.2. The van der Waals surface area contributed by atoms with Crippen LogP contribution in [0.3, 0.4) is 0 Å². The normalized spacial score (nSPS) is 14.7. The highest BCUT2D eigenvalue weighted by Gasteiger charge is 2.32. The fraction of sp³-hybridized carbons (Fsp3) is 0.0435. The van der Waals surface area contributed by atoms with Crippen LogP contribution in [0.15, 0.2) is 89.5 Å². The molecule has 1 amide bonds. The number of hydrazone groups is 1. The van der Waals surface area contributed by atoms with Gasteiger partial charge in [0, 0.05) is 17.7 Å². The van der Waals surface area contributed by atoms with Crippen LogP contribution in [0.4, 0.5) is 11.4 Å². The number of rotatable bonds is 5. The number of non-ortho nitro benzene ring substituents is 1. The zero-order valence-electron chi connectivity index (χ0n) is 16.1. The van der Waals surface area contributed by atoms with Crippen LogP contribution in [0.25, 0.3) is 6.08 Å². The third-order valence-electron chi connectivity index (χ3n) is 4.66. The molecule has 0 N–H and O–H groups in total. The van der Waals surface area contributed by atoms with Gasteiger partial charge < -0.3 is 4.74 Å². The van der Waals surface area contributed by atoms with Crippen molar-refractivity contribution >= 4 is 29.1 Å². The summed E-state index contributed by atoms with van der Waals surface area (Å²) in [4.78, 5) is 23.7. The van der Waals surface area contributed by atoms with Crippen LogP contribution in [0.5, 0.6) is 5.75 Å². The quantitative estimate of drug-likeness (QED) is 0.361. The molecule has 3 aromatic carbocycles. The number of anilines is 1. The summed E-state index contributed by atoms with van der Waals surface area (Å²) in [5.74, 6) is 0.392.